The summed E-state index contributed by atoms with van der Waals surface area (Å²) in [5, 5.41) is 5.18. The average molecular weight is 428 g/mol. The first-order valence-corrected chi connectivity index (χ1v) is 10.5. The molecule has 0 aromatic heterocycles. The van der Waals surface area contributed by atoms with Gasteiger partial charge in [-0.15, -0.1) is 11.1 Å². The molecule has 2 heteroatoms. The molecule has 152 valence electrons. The third-order valence-electron chi connectivity index (χ3n) is 5.58. The Morgan fingerprint density at radius 2 is 1.23 bits per heavy atom. The van der Waals surface area contributed by atoms with E-state index in [9.17, 15) is 0 Å². The molecule has 1 aliphatic rings. The van der Waals surface area contributed by atoms with Gasteiger partial charge >= 0.3 is 0 Å². The number of hydrogen-bond donors (Lipinski definition) is 0. The summed E-state index contributed by atoms with van der Waals surface area (Å²) >= 11 is 0. The van der Waals surface area contributed by atoms with Crippen LogP contribution in [0.1, 0.15) is 68.4 Å². The minimum Gasteiger partial charge on any atom is -0.649 e. The first-order chi connectivity index (χ1) is 13.8. The molecule has 1 unspecified atom stereocenters. The van der Waals surface area contributed by atoms with Crippen LogP contribution >= 0.6 is 0 Å². The molecule has 0 heterocycles. The van der Waals surface area contributed by atoms with Crippen LogP contribution in [0.15, 0.2) is 78.9 Å². The molecule has 0 saturated heterocycles. The average Bonchev–Trinajstić information content (AvgIpc) is 3.06. The second-order valence-corrected chi connectivity index (χ2v) is 9.46. The largest absolute Gasteiger partial charge is 0.649 e. The van der Waals surface area contributed by atoms with Crippen LogP contribution in [0, 0.1) is 0 Å². The van der Waals surface area contributed by atoms with Gasteiger partial charge in [-0.25, -0.2) is 0 Å². The van der Waals surface area contributed by atoms with Gasteiger partial charge in [-0.2, -0.15) is 0 Å². The molecule has 0 radical (unpaired) electrons. The monoisotopic (exact) mass is 428 g/mol. The molecule has 0 aliphatic heterocycles. The minimum atomic E-state index is -0.270. The third-order valence-corrected chi connectivity index (χ3v) is 5.58. The number of rotatable bonds is 4. The van der Waals surface area contributed by atoms with Crippen LogP contribution in [0.2, 0.25) is 0 Å². The summed E-state index contributed by atoms with van der Waals surface area (Å²) < 4.78 is 0. The van der Waals surface area contributed by atoms with Gasteiger partial charge in [0, 0.05) is 27.6 Å². The predicted molar refractivity (Wildman–Crippen MR) is 125 cm³/mol. The molecule has 0 spiro atoms. The Balaban J connectivity index is 0.00000256. The van der Waals surface area contributed by atoms with E-state index in [2.05, 4.69) is 120 Å². The van der Waals surface area contributed by atoms with Crippen LogP contribution in [0.4, 0.5) is 0 Å². The summed E-state index contributed by atoms with van der Waals surface area (Å²) in [6.45, 7) is 11.0. The normalized spacial score (nSPS) is 15.9. The molecule has 4 rings (SSSR count). The van der Waals surface area contributed by atoms with Gasteiger partial charge in [0.15, 0.2) is 0 Å². The SMILES string of the molecule is CC(C)(C)[N-]C(C)(C)c1ccccc1C1C(c2ccccc2)=Cc2ccccc21.[Ti]. The molecule has 0 amide bonds. The molecule has 1 nitrogen and oxygen atoms in total. The van der Waals surface area contributed by atoms with Gasteiger partial charge < -0.3 is 5.32 Å². The van der Waals surface area contributed by atoms with E-state index in [4.69, 9.17) is 5.32 Å². The van der Waals surface area contributed by atoms with Crippen LogP contribution in [0.25, 0.3) is 17.0 Å². The number of nitrogens with zero attached hydrogens (tertiary/aromatic N) is 1. The summed E-state index contributed by atoms with van der Waals surface area (Å²) in [5.41, 5.74) is 7.64. The molecule has 3 aromatic rings. The molecule has 1 atom stereocenters. The van der Waals surface area contributed by atoms with Crippen molar-refractivity contribution in [2.24, 2.45) is 0 Å². The maximum Gasteiger partial charge on any atom is 0.0354 e. The molecule has 0 bridgehead atoms. The van der Waals surface area contributed by atoms with Crippen molar-refractivity contribution in [3.63, 3.8) is 0 Å². The fourth-order valence-electron chi connectivity index (χ4n) is 4.74. The fourth-order valence-corrected chi connectivity index (χ4v) is 4.74. The Kier molecular flexibility index (Phi) is 6.58. The van der Waals surface area contributed by atoms with Crippen molar-refractivity contribution < 1.29 is 21.7 Å². The summed E-state index contributed by atoms with van der Waals surface area (Å²) in [4.78, 5) is 0. The summed E-state index contributed by atoms with van der Waals surface area (Å²) in [7, 11) is 0. The van der Waals surface area contributed by atoms with E-state index in [0.29, 0.717) is 0 Å². The quantitative estimate of drug-likeness (QED) is 0.377. The molecule has 0 fully saturated rings. The zero-order valence-corrected chi connectivity index (χ0v) is 20.2. The second kappa shape index (κ2) is 8.67. The van der Waals surface area contributed by atoms with E-state index >= 15 is 0 Å². The van der Waals surface area contributed by atoms with Crippen molar-refractivity contribution in [2.75, 3.05) is 0 Å². The van der Waals surface area contributed by atoms with Crippen LogP contribution in [-0.4, -0.2) is 5.54 Å². The molecule has 0 saturated carbocycles. The number of fused-ring (bicyclic) bond motifs is 1. The minimum absolute atomic E-state index is 0. The van der Waals surface area contributed by atoms with Gasteiger partial charge in [0.2, 0.25) is 0 Å². The van der Waals surface area contributed by atoms with E-state index in [-0.39, 0.29) is 38.7 Å². The van der Waals surface area contributed by atoms with Crippen molar-refractivity contribution in [3.8, 4) is 0 Å². The Bertz CT molecular complexity index is 1040. The zero-order valence-electron chi connectivity index (χ0n) is 18.6. The first-order valence-electron chi connectivity index (χ1n) is 10.5. The first kappa shape index (κ1) is 22.8. The van der Waals surface area contributed by atoms with E-state index in [0.717, 1.165) is 0 Å². The fraction of sp³-hybridized carbons (Fsp3) is 0.286. The predicted octanol–water partition coefficient (Wildman–Crippen LogP) is 7.78. The smallest absolute Gasteiger partial charge is 0.0354 e. The Hall–Kier alpha value is -1.93. The molecule has 1 aliphatic carbocycles. The molecule has 30 heavy (non-hydrogen) atoms. The maximum atomic E-state index is 5.18. The Morgan fingerprint density at radius 1 is 0.667 bits per heavy atom. The van der Waals surface area contributed by atoms with E-state index in [1.54, 1.807) is 0 Å². The third kappa shape index (κ3) is 4.54. The van der Waals surface area contributed by atoms with Gasteiger partial charge in [-0.3, -0.25) is 0 Å². The van der Waals surface area contributed by atoms with Crippen molar-refractivity contribution in [3.05, 3.63) is 112 Å². The van der Waals surface area contributed by atoms with E-state index in [1.165, 1.54) is 33.4 Å². The van der Waals surface area contributed by atoms with Crippen molar-refractivity contribution in [2.45, 2.75) is 51.6 Å². The van der Waals surface area contributed by atoms with Crippen LogP contribution in [-0.2, 0) is 27.3 Å². The topological polar surface area (TPSA) is 14.1 Å². The van der Waals surface area contributed by atoms with Gasteiger partial charge in [0.1, 0.15) is 0 Å². The van der Waals surface area contributed by atoms with Crippen LogP contribution in [0.3, 0.4) is 0 Å². The van der Waals surface area contributed by atoms with Gasteiger partial charge in [-0.1, -0.05) is 119 Å². The maximum absolute atomic E-state index is 5.18. The summed E-state index contributed by atoms with van der Waals surface area (Å²) in [5.74, 6) is 0.222. The Morgan fingerprint density at radius 3 is 1.90 bits per heavy atom. The second-order valence-electron chi connectivity index (χ2n) is 9.46. The van der Waals surface area contributed by atoms with Crippen molar-refractivity contribution in [1.29, 1.82) is 0 Å². The van der Waals surface area contributed by atoms with E-state index in [1.807, 2.05) is 0 Å². The zero-order chi connectivity index (χ0) is 20.6. The molecule has 0 N–H and O–H groups in total. The molecule has 3 aromatic carbocycles. The van der Waals surface area contributed by atoms with Gasteiger partial charge in [0.25, 0.3) is 0 Å². The van der Waals surface area contributed by atoms with Gasteiger partial charge in [0.05, 0.1) is 0 Å². The van der Waals surface area contributed by atoms with E-state index < -0.39 is 0 Å². The van der Waals surface area contributed by atoms with Crippen LogP contribution < -0.4 is 0 Å². The number of hydrogen-bond acceptors (Lipinski definition) is 0. The van der Waals surface area contributed by atoms with Crippen LogP contribution in [0.5, 0.6) is 0 Å². The van der Waals surface area contributed by atoms with Crippen molar-refractivity contribution >= 4 is 11.6 Å². The standard InChI is InChI=1S/C28H30N.Ti/c1-27(2,3)29-28(4,5)25-18-12-11-17-23(25)26-22-16-10-9-15-21(22)19-24(26)20-13-7-6-8-14-20;/h6-19,26H,1-5H3;/q-1;. The Labute approximate surface area is 196 Å². The summed E-state index contributed by atoms with van der Waals surface area (Å²) in [6.07, 6.45) is 2.36. The van der Waals surface area contributed by atoms with Crippen molar-refractivity contribution in [1.82, 2.24) is 0 Å². The molecular formula is C28H30NTi-. The number of benzene rings is 3. The van der Waals surface area contributed by atoms with Gasteiger partial charge in [-0.05, 0) is 33.9 Å². The summed E-state index contributed by atoms with van der Waals surface area (Å²) in [6, 6.07) is 28.4. The number of allylic oxidation sites excluding steroid dienone is 1. The molecular weight excluding hydrogens is 398 g/mol.